The van der Waals surface area contributed by atoms with E-state index in [9.17, 15) is 9.59 Å². The summed E-state index contributed by atoms with van der Waals surface area (Å²) in [5, 5.41) is 3.52. The van der Waals surface area contributed by atoms with Gasteiger partial charge in [0.25, 0.3) is 0 Å². The van der Waals surface area contributed by atoms with E-state index in [-0.39, 0.29) is 17.6 Å². The minimum Gasteiger partial charge on any atom is -0.357 e. The van der Waals surface area contributed by atoms with Crippen molar-refractivity contribution in [2.24, 2.45) is 0 Å². The lowest BCUT2D eigenvalue weighted by Crippen LogP contribution is -2.37. The third-order valence-corrected chi connectivity index (χ3v) is 6.10. The highest BCUT2D eigenvalue weighted by Crippen LogP contribution is 2.47. The van der Waals surface area contributed by atoms with E-state index in [4.69, 9.17) is 0 Å². The Labute approximate surface area is 181 Å². The van der Waals surface area contributed by atoms with Crippen LogP contribution in [0.3, 0.4) is 0 Å². The fourth-order valence-corrected chi connectivity index (χ4v) is 4.75. The highest BCUT2D eigenvalue weighted by molar-refractivity contribution is 6.05. The van der Waals surface area contributed by atoms with E-state index >= 15 is 0 Å². The number of hydrogen-bond donors (Lipinski definition) is 1. The van der Waals surface area contributed by atoms with Gasteiger partial charge in [-0.1, -0.05) is 48.5 Å². The van der Waals surface area contributed by atoms with Gasteiger partial charge < -0.3 is 5.32 Å². The molecule has 1 aliphatic carbocycles. The molecule has 2 atom stereocenters. The van der Waals surface area contributed by atoms with Crippen molar-refractivity contribution in [2.45, 2.75) is 31.7 Å². The normalized spacial score (nSPS) is 20.4. The van der Waals surface area contributed by atoms with Crippen molar-refractivity contribution in [3.63, 3.8) is 0 Å². The molecule has 0 fully saturated rings. The van der Waals surface area contributed by atoms with Gasteiger partial charge in [0, 0.05) is 37.0 Å². The number of anilines is 2. The van der Waals surface area contributed by atoms with E-state index in [0.717, 1.165) is 28.2 Å². The van der Waals surface area contributed by atoms with E-state index in [1.165, 1.54) is 0 Å². The number of carbonyl (C=O) groups is 2. The molecule has 1 N–H and O–H groups in total. The Morgan fingerprint density at radius 3 is 2.45 bits per heavy atom. The third kappa shape index (κ3) is 3.42. The van der Waals surface area contributed by atoms with Gasteiger partial charge in [-0.2, -0.15) is 0 Å². The van der Waals surface area contributed by atoms with E-state index in [1.807, 2.05) is 54.6 Å². The Morgan fingerprint density at radius 1 is 0.968 bits per heavy atom. The van der Waals surface area contributed by atoms with Crippen molar-refractivity contribution in [2.75, 3.05) is 10.2 Å². The van der Waals surface area contributed by atoms with Crippen molar-refractivity contribution in [3.05, 3.63) is 102 Å². The van der Waals surface area contributed by atoms with Gasteiger partial charge in [-0.3, -0.25) is 19.5 Å². The second kappa shape index (κ2) is 7.84. The number of nitrogens with one attached hydrogen (secondary N) is 1. The largest absolute Gasteiger partial charge is 0.357 e. The fraction of sp³-hybridized carbons (Fsp3) is 0.192. The van der Waals surface area contributed by atoms with Crippen molar-refractivity contribution < 1.29 is 9.59 Å². The minimum atomic E-state index is -0.512. The van der Waals surface area contributed by atoms with Crippen LogP contribution in [0.25, 0.3) is 0 Å². The van der Waals surface area contributed by atoms with Crippen LogP contribution in [0.2, 0.25) is 0 Å². The van der Waals surface area contributed by atoms with Gasteiger partial charge >= 0.3 is 0 Å². The number of para-hydroxylation sites is 2. The van der Waals surface area contributed by atoms with E-state index in [1.54, 1.807) is 24.2 Å². The number of pyridine rings is 1. The van der Waals surface area contributed by atoms with Gasteiger partial charge in [0.15, 0.2) is 5.78 Å². The van der Waals surface area contributed by atoms with Crippen molar-refractivity contribution in [3.8, 4) is 0 Å². The second-order valence-corrected chi connectivity index (χ2v) is 8.05. The highest BCUT2D eigenvalue weighted by Gasteiger charge is 2.40. The summed E-state index contributed by atoms with van der Waals surface area (Å²) >= 11 is 0. The molecule has 5 heteroatoms. The van der Waals surface area contributed by atoms with Gasteiger partial charge in [0.05, 0.1) is 17.4 Å². The SMILES string of the molecule is CC(=O)N1c2ccccc2NC2=C(C(=O)C[C@@H](c3ccccc3)C2)[C@H]1c1cccnc1. The molecule has 1 aliphatic heterocycles. The first-order valence-electron chi connectivity index (χ1n) is 10.5. The van der Waals surface area contributed by atoms with E-state index < -0.39 is 6.04 Å². The van der Waals surface area contributed by atoms with Crippen molar-refractivity contribution >= 4 is 23.1 Å². The van der Waals surface area contributed by atoms with Gasteiger partial charge in [-0.25, -0.2) is 0 Å². The zero-order valence-electron chi connectivity index (χ0n) is 17.3. The topological polar surface area (TPSA) is 62.3 Å². The van der Waals surface area contributed by atoms with Crippen molar-refractivity contribution in [1.29, 1.82) is 0 Å². The molecule has 1 aromatic heterocycles. The van der Waals surface area contributed by atoms with Crippen LogP contribution < -0.4 is 10.2 Å². The van der Waals surface area contributed by atoms with Crippen LogP contribution in [0.1, 0.15) is 42.9 Å². The summed E-state index contributed by atoms with van der Waals surface area (Å²) in [6.45, 7) is 1.55. The molecule has 0 saturated carbocycles. The van der Waals surface area contributed by atoms with E-state index in [0.29, 0.717) is 18.4 Å². The first-order valence-corrected chi connectivity index (χ1v) is 10.5. The van der Waals surface area contributed by atoms with Crippen LogP contribution in [0, 0.1) is 0 Å². The lowest BCUT2D eigenvalue weighted by molar-refractivity contribution is -0.117. The predicted molar refractivity (Wildman–Crippen MR) is 121 cm³/mol. The van der Waals surface area contributed by atoms with Crippen LogP contribution in [0.5, 0.6) is 0 Å². The molecule has 0 bridgehead atoms. The maximum atomic E-state index is 13.6. The van der Waals surface area contributed by atoms with Gasteiger partial charge in [0.2, 0.25) is 5.91 Å². The number of carbonyl (C=O) groups excluding carboxylic acids is 2. The summed E-state index contributed by atoms with van der Waals surface area (Å²) in [6, 6.07) is 21.2. The van der Waals surface area contributed by atoms with Gasteiger partial charge in [-0.05, 0) is 41.7 Å². The molecular formula is C26H23N3O2. The van der Waals surface area contributed by atoms with E-state index in [2.05, 4.69) is 22.4 Å². The number of amides is 1. The first-order chi connectivity index (χ1) is 15.1. The first kappa shape index (κ1) is 19.2. The molecule has 1 amide bonds. The smallest absolute Gasteiger partial charge is 0.224 e. The Hall–Kier alpha value is -3.73. The Balaban J connectivity index is 1.71. The molecular weight excluding hydrogens is 386 g/mol. The zero-order chi connectivity index (χ0) is 21.4. The van der Waals surface area contributed by atoms with Crippen LogP contribution in [-0.2, 0) is 9.59 Å². The molecule has 2 aromatic carbocycles. The van der Waals surface area contributed by atoms with Crippen LogP contribution in [0.15, 0.2) is 90.4 Å². The Morgan fingerprint density at radius 2 is 1.71 bits per heavy atom. The molecule has 2 aliphatic rings. The average molecular weight is 409 g/mol. The fourth-order valence-electron chi connectivity index (χ4n) is 4.75. The summed E-state index contributed by atoms with van der Waals surface area (Å²) < 4.78 is 0. The molecule has 5 nitrogen and oxygen atoms in total. The molecule has 2 heterocycles. The molecule has 3 aromatic rings. The molecule has 154 valence electrons. The maximum absolute atomic E-state index is 13.6. The molecule has 0 spiro atoms. The summed E-state index contributed by atoms with van der Waals surface area (Å²) in [5.41, 5.74) is 5.13. The Bertz CT molecular complexity index is 1170. The monoisotopic (exact) mass is 409 g/mol. The molecule has 0 radical (unpaired) electrons. The zero-order valence-corrected chi connectivity index (χ0v) is 17.3. The number of hydrogen-bond acceptors (Lipinski definition) is 4. The maximum Gasteiger partial charge on any atom is 0.224 e. The quantitative estimate of drug-likeness (QED) is 0.647. The van der Waals surface area contributed by atoms with Gasteiger partial charge in [-0.15, -0.1) is 0 Å². The van der Waals surface area contributed by atoms with Crippen LogP contribution >= 0.6 is 0 Å². The predicted octanol–water partition coefficient (Wildman–Crippen LogP) is 5.00. The average Bonchev–Trinajstić information content (AvgIpc) is 2.95. The number of nitrogens with zero attached hydrogens (tertiary/aromatic N) is 2. The number of benzene rings is 2. The lowest BCUT2D eigenvalue weighted by atomic mass is 9.78. The number of ketones is 1. The number of rotatable bonds is 2. The van der Waals surface area contributed by atoms with Crippen LogP contribution in [0.4, 0.5) is 11.4 Å². The molecule has 31 heavy (non-hydrogen) atoms. The summed E-state index contributed by atoms with van der Waals surface area (Å²) in [6.07, 6.45) is 4.58. The highest BCUT2D eigenvalue weighted by atomic mass is 16.2. The van der Waals surface area contributed by atoms with Crippen molar-refractivity contribution in [1.82, 2.24) is 4.98 Å². The molecule has 0 unspecified atom stereocenters. The van der Waals surface area contributed by atoms with Crippen LogP contribution in [-0.4, -0.2) is 16.7 Å². The number of Topliss-reactive ketones (excluding diaryl/α,β-unsaturated/α-hetero) is 1. The number of fused-ring (bicyclic) bond motifs is 1. The molecule has 0 saturated heterocycles. The third-order valence-electron chi connectivity index (χ3n) is 6.10. The number of allylic oxidation sites excluding steroid dienone is 1. The minimum absolute atomic E-state index is 0.0653. The summed E-state index contributed by atoms with van der Waals surface area (Å²) in [7, 11) is 0. The standard InChI is InChI=1S/C26H23N3O2/c1-17(30)29-23-12-6-5-11-21(23)28-22-14-20(18-8-3-2-4-9-18)15-24(31)25(22)26(29)19-10-7-13-27-16-19/h2-13,16,20,26,28H,14-15H2,1H3/t20-,26+/m0/s1. The lowest BCUT2D eigenvalue weighted by Gasteiger charge is -2.34. The number of aromatic nitrogens is 1. The van der Waals surface area contributed by atoms with Gasteiger partial charge in [0.1, 0.15) is 0 Å². The Kier molecular flexibility index (Phi) is 4.86. The summed E-state index contributed by atoms with van der Waals surface area (Å²) in [4.78, 5) is 32.5. The summed E-state index contributed by atoms with van der Waals surface area (Å²) in [5.74, 6) is 0.0517. The molecule has 5 rings (SSSR count). The second-order valence-electron chi connectivity index (χ2n) is 8.05.